The lowest BCUT2D eigenvalue weighted by molar-refractivity contribution is -0.113. The highest BCUT2D eigenvalue weighted by molar-refractivity contribution is 7.99. The highest BCUT2D eigenvalue weighted by Crippen LogP contribution is 2.35. The van der Waals surface area contributed by atoms with Crippen LogP contribution in [0.3, 0.4) is 0 Å². The molecular weight excluding hydrogens is 541 g/mol. The first-order chi connectivity index (χ1) is 18.9. The Morgan fingerprint density at radius 1 is 1.03 bits per heavy atom. The Labute approximate surface area is 232 Å². The van der Waals surface area contributed by atoms with Crippen molar-refractivity contribution in [1.82, 2.24) is 19.1 Å². The number of halogens is 1. The average molecular weight is 574 g/mol. The van der Waals surface area contributed by atoms with Crippen molar-refractivity contribution in [2.45, 2.75) is 54.6 Å². The van der Waals surface area contributed by atoms with E-state index < -0.39 is 15.8 Å². The molecule has 12 heteroatoms. The van der Waals surface area contributed by atoms with E-state index in [1.54, 1.807) is 30.3 Å². The van der Waals surface area contributed by atoms with Gasteiger partial charge in [-0.05, 0) is 43.2 Å². The molecule has 3 aromatic rings. The third-order valence-corrected chi connectivity index (χ3v) is 9.83. The van der Waals surface area contributed by atoms with Crippen LogP contribution in [0.5, 0.6) is 0 Å². The number of morpholine rings is 1. The molecule has 2 aromatic carbocycles. The first kappa shape index (κ1) is 27.8. The number of sulfonamides is 1. The highest BCUT2D eigenvalue weighted by atomic mass is 32.2. The van der Waals surface area contributed by atoms with Crippen molar-refractivity contribution in [3.8, 4) is 11.4 Å². The van der Waals surface area contributed by atoms with Crippen molar-refractivity contribution in [3.63, 3.8) is 0 Å². The molecule has 1 saturated carbocycles. The number of ether oxygens (including phenoxy) is 1. The van der Waals surface area contributed by atoms with Gasteiger partial charge in [0.2, 0.25) is 15.9 Å². The maximum Gasteiger partial charge on any atom is 0.243 e. The highest BCUT2D eigenvalue weighted by Gasteiger charge is 2.28. The molecule has 2 fully saturated rings. The molecule has 1 aliphatic carbocycles. The maximum absolute atomic E-state index is 13.5. The van der Waals surface area contributed by atoms with Crippen LogP contribution < -0.4 is 5.32 Å². The van der Waals surface area contributed by atoms with Gasteiger partial charge in [0, 0.05) is 30.4 Å². The van der Waals surface area contributed by atoms with Gasteiger partial charge in [-0.3, -0.25) is 9.36 Å². The van der Waals surface area contributed by atoms with Gasteiger partial charge in [-0.25, -0.2) is 12.8 Å². The van der Waals surface area contributed by atoms with Crippen LogP contribution in [0.15, 0.2) is 58.6 Å². The fourth-order valence-corrected chi connectivity index (χ4v) is 7.30. The summed E-state index contributed by atoms with van der Waals surface area (Å²) in [4.78, 5) is 12.8. The summed E-state index contributed by atoms with van der Waals surface area (Å²) in [5.41, 5.74) is 1.06. The van der Waals surface area contributed by atoms with Gasteiger partial charge >= 0.3 is 0 Å². The molecule has 1 saturated heterocycles. The first-order valence-corrected chi connectivity index (χ1v) is 15.7. The minimum atomic E-state index is -3.67. The quantitative estimate of drug-likeness (QED) is 0.307. The Morgan fingerprint density at radius 3 is 2.51 bits per heavy atom. The Balaban J connectivity index is 1.42. The molecule has 0 atom stereocenters. The Kier molecular flexibility index (Phi) is 8.96. The van der Waals surface area contributed by atoms with Crippen LogP contribution in [0.2, 0.25) is 0 Å². The summed E-state index contributed by atoms with van der Waals surface area (Å²) in [5.74, 6) is -0.0292. The molecule has 0 unspecified atom stereocenters. The number of nitrogens with zero attached hydrogens (tertiary/aromatic N) is 4. The van der Waals surface area contributed by atoms with Gasteiger partial charge in [-0.1, -0.05) is 55.6 Å². The zero-order chi connectivity index (χ0) is 27.2. The number of benzene rings is 2. The summed E-state index contributed by atoms with van der Waals surface area (Å²) in [6.07, 6.45) is 6.41. The number of rotatable bonds is 8. The molecule has 0 radical (unpaired) electrons. The van der Waals surface area contributed by atoms with Gasteiger partial charge in [-0.15, -0.1) is 10.2 Å². The topological polar surface area (TPSA) is 106 Å². The van der Waals surface area contributed by atoms with E-state index >= 15 is 0 Å². The molecule has 0 spiro atoms. The largest absolute Gasteiger partial charge is 0.379 e. The number of amides is 1. The molecule has 9 nitrogen and oxygen atoms in total. The Hall–Kier alpha value is -2.80. The Morgan fingerprint density at radius 2 is 1.77 bits per heavy atom. The fraction of sp³-hybridized carbons (Fsp3) is 0.444. The molecule has 1 amide bonds. The van der Waals surface area contributed by atoms with Crippen LogP contribution in [0, 0.1) is 5.82 Å². The van der Waals surface area contributed by atoms with Crippen molar-refractivity contribution < 1.29 is 22.3 Å². The van der Waals surface area contributed by atoms with Crippen molar-refractivity contribution in [2.24, 2.45) is 0 Å². The number of aromatic nitrogens is 3. The van der Waals surface area contributed by atoms with Crippen molar-refractivity contribution in [3.05, 3.63) is 54.3 Å². The number of hydrogen-bond donors (Lipinski definition) is 1. The van der Waals surface area contributed by atoms with E-state index in [1.165, 1.54) is 41.0 Å². The van der Waals surface area contributed by atoms with E-state index in [9.17, 15) is 17.6 Å². The van der Waals surface area contributed by atoms with Crippen molar-refractivity contribution in [1.29, 1.82) is 0 Å². The van der Waals surface area contributed by atoms with Gasteiger partial charge < -0.3 is 10.1 Å². The number of hydrogen-bond acceptors (Lipinski definition) is 7. The van der Waals surface area contributed by atoms with Crippen LogP contribution in [0.4, 0.5) is 10.1 Å². The summed E-state index contributed by atoms with van der Waals surface area (Å²) in [5, 5.41) is 12.2. The van der Waals surface area contributed by atoms with Crippen LogP contribution >= 0.6 is 11.8 Å². The van der Waals surface area contributed by atoms with E-state index in [0.717, 1.165) is 25.7 Å². The average Bonchev–Trinajstić information content (AvgIpc) is 3.18. The smallest absolute Gasteiger partial charge is 0.243 e. The van der Waals surface area contributed by atoms with Gasteiger partial charge in [0.25, 0.3) is 0 Å². The summed E-state index contributed by atoms with van der Waals surface area (Å²) in [6, 6.07) is 12.8. The second-order valence-electron chi connectivity index (χ2n) is 9.71. The normalized spacial score (nSPS) is 17.6. The molecule has 2 heterocycles. The van der Waals surface area contributed by atoms with Gasteiger partial charge in [0.05, 0.1) is 23.9 Å². The fourth-order valence-electron chi connectivity index (χ4n) is 5.04. The SMILES string of the molecule is O=C(CSc1nnc(-c2cccc(S(=O)(=O)N3CCOCC3)c2)n1C1CCCCCC1)Nc1cccc(F)c1. The lowest BCUT2D eigenvalue weighted by Crippen LogP contribution is -2.40. The molecule has 0 bridgehead atoms. The number of anilines is 1. The van der Waals surface area contributed by atoms with Crippen LogP contribution in [0.25, 0.3) is 11.4 Å². The van der Waals surface area contributed by atoms with Gasteiger partial charge in [0.1, 0.15) is 5.82 Å². The first-order valence-electron chi connectivity index (χ1n) is 13.2. The zero-order valence-corrected chi connectivity index (χ0v) is 23.2. The molecule has 208 valence electrons. The van der Waals surface area contributed by atoms with Crippen molar-refractivity contribution >= 4 is 33.4 Å². The summed E-state index contributed by atoms with van der Waals surface area (Å²) in [7, 11) is -3.67. The van der Waals surface area contributed by atoms with E-state index in [4.69, 9.17) is 4.74 Å². The van der Waals surface area contributed by atoms with E-state index in [0.29, 0.717) is 48.5 Å². The molecule has 1 N–H and O–H groups in total. The van der Waals surface area contributed by atoms with Gasteiger partial charge in [-0.2, -0.15) is 4.31 Å². The molecule has 1 aliphatic heterocycles. The third-order valence-electron chi connectivity index (χ3n) is 7.00. The second-order valence-corrected chi connectivity index (χ2v) is 12.6. The standard InChI is InChI=1S/C27H32FN5O4S2/c28-21-8-6-9-22(18-21)29-25(34)19-38-27-31-30-26(33(27)23-10-3-1-2-4-11-23)20-7-5-12-24(17-20)39(35,36)32-13-15-37-16-14-32/h5-9,12,17-18,23H,1-4,10-11,13-16,19H2,(H,29,34). The van der Waals surface area contributed by atoms with Crippen molar-refractivity contribution in [2.75, 3.05) is 37.4 Å². The Bertz CT molecular complexity index is 1400. The lowest BCUT2D eigenvalue weighted by Gasteiger charge is -2.26. The van der Waals surface area contributed by atoms with Gasteiger partial charge in [0.15, 0.2) is 11.0 Å². The maximum atomic E-state index is 13.5. The number of thioether (sulfide) groups is 1. The van der Waals surface area contributed by atoms with E-state index in [2.05, 4.69) is 20.1 Å². The zero-order valence-electron chi connectivity index (χ0n) is 21.6. The van der Waals surface area contributed by atoms with Crippen LogP contribution in [0.1, 0.15) is 44.6 Å². The van der Waals surface area contributed by atoms with Crippen LogP contribution in [-0.2, 0) is 19.6 Å². The summed E-state index contributed by atoms with van der Waals surface area (Å²) >= 11 is 1.27. The molecular formula is C27H32FN5O4S2. The monoisotopic (exact) mass is 573 g/mol. The number of nitrogens with one attached hydrogen (secondary N) is 1. The molecule has 1 aromatic heterocycles. The molecule has 2 aliphatic rings. The predicted octanol–water partition coefficient (Wildman–Crippen LogP) is 4.73. The summed E-state index contributed by atoms with van der Waals surface area (Å²) < 4.78 is 49.0. The molecule has 5 rings (SSSR count). The lowest BCUT2D eigenvalue weighted by atomic mass is 10.1. The number of carbonyl (C=O) groups is 1. The summed E-state index contributed by atoms with van der Waals surface area (Å²) in [6.45, 7) is 1.40. The minimum absolute atomic E-state index is 0.0762. The molecule has 39 heavy (non-hydrogen) atoms. The van der Waals surface area contributed by atoms with E-state index in [1.807, 2.05) is 6.07 Å². The van der Waals surface area contributed by atoms with Crippen LogP contribution in [-0.4, -0.2) is 65.5 Å². The number of carbonyl (C=O) groups excluding carboxylic acids is 1. The predicted molar refractivity (Wildman–Crippen MR) is 148 cm³/mol. The second kappa shape index (κ2) is 12.6. The minimum Gasteiger partial charge on any atom is -0.379 e. The van der Waals surface area contributed by atoms with E-state index in [-0.39, 0.29) is 22.6 Å². The third kappa shape index (κ3) is 6.68.